The van der Waals surface area contributed by atoms with E-state index in [-0.39, 0.29) is 0 Å². The van der Waals surface area contributed by atoms with Gasteiger partial charge in [-0.25, -0.2) is 9.50 Å². The molecular weight excluding hydrogens is 264 g/mol. The third-order valence-corrected chi connectivity index (χ3v) is 3.33. The molecule has 21 heavy (non-hydrogen) atoms. The zero-order chi connectivity index (χ0) is 14.2. The van der Waals surface area contributed by atoms with Gasteiger partial charge < -0.3 is 0 Å². The van der Waals surface area contributed by atoms with Crippen LogP contribution in [0, 0.1) is 0 Å². The summed E-state index contributed by atoms with van der Waals surface area (Å²) in [5.74, 6) is 0. The lowest BCUT2D eigenvalue weighted by molar-refractivity contribution is 0.768. The van der Waals surface area contributed by atoms with Crippen LogP contribution in [0.3, 0.4) is 0 Å². The van der Waals surface area contributed by atoms with Crippen molar-refractivity contribution in [1.29, 1.82) is 0 Å². The highest BCUT2D eigenvalue weighted by molar-refractivity contribution is 5.78. The topological polar surface area (TPSA) is 60.9 Å². The minimum Gasteiger partial charge on any atom is -0.275 e. The second-order valence-corrected chi connectivity index (χ2v) is 4.78. The zero-order valence-corrected chi connectivity index (χ0v) is 11.4. The summed E-state index contributed by atoms with van der Waals surface area (Å²) in [7, 11) is 1.89. The molecule has 0 radical (unpaired) electrons. The molecule has 6 nitrogen and oxygen atoms in total. The number of nitrogens with zero attached hydrogens (tertiary/aromatic N) is 6. The second-order valence-electron chi connectivity index (χ2n) is 4.78. The Bertz CT molecular complexity index is 906. The molecule has 0 saturated heterocycles. The predicted molar refractivity (Wildman–Crippen MR) is 78.4 cm³/mol. The second kappa shape index (κ2) is 4.52. The summed E-state index contributed by atoms with van der Waals surface area (Å²) in [6.07, 6.45) is 11.0. The molecule has 0 fully saturated rings. The minimum atomic E-state index is 0.832. The van der Waals surface area contributed by atoms with Gasteiger partial charge in [0.25, 0.3) is 0 Å². The van der Waals surface area contributed by atoms with Crippen molar-refractivity contribution in [3.63, 3.8) is 0 Å². The molecule has 0 aliphatic heterocycles. The standard InChI is InChI=1S/C15H12N6/c1-20-9-12(8-18-20)13-10-21-14(4-6-17-21)15(19-13)11-3-2-5-16-7-11/h2-10H,1H3. The molecule has 0 unspecified atom stereocenters. The summed E-state index contributed by atoms with van der Waals surface area (Å²) in [6, 6.07) is 5.85. The van der Waals surface area contributed by atoms with Gasteiger partial charge in [-0.2, -0.15) is 10.2 Å². The first-order chi connectivity index (χ1) is 10.3. The Morgan fingerprint density at radius 1 is 0.952 bits per heavy atom. The third-order valence-electron chi connectivity index (χ3n) is 3.33. The lowest BCUT2D eigenvalue weighted by Crippen LogP contribution is -1.96. The Hall–Kier alpha value is -3.02. The average molecular weight is 276 g/mol. The van der Waals surface area contributed by atoms with E-state index in [1.165, 1.54) is 0 Å². The van der Waals surface area contributed by atoms with Crippen LogP contribution in [0.5, 0.6) is 0 Å². The predicted octanol–water partition coefficient (Wildman–Crippen LogP) is 2.19. The molecule has 0 saturated carbocycles. The van der Waals surface area contributed by atoms with Gasteiger partial charge in [0, 0.05) is 36.8 Å². The van der Waals surface area contributed by atoms with Gasteiger partial charge in [0.2, 0.25) is 0 Å². The molecular formula is C15H12N6. The fourth-order valence-corrected chi connectivity index (χ4v) is 2.33. The van der Waals surface area contributed by atoms with Gasteiger partial charge in [-0.3, -0.25) is 9.67 Å². The molecule has 0 atom stereocenters. The van der Waals surface area contributed by atoms with Crippen molar-refractivity contribution in [2.75, 3.05) is 0 Å². The molecule has 0 aliphatic rings. The van der Waals surface area contributed by atoms with E-state index in [1.54, 1.807) is 23.3 Å². The highest BCUT2D eigenvalue weighted by atomic mass is 15.2. The number of aromatic nitrogens is 6. The van der Waals surface area contributed by atoms with Crippen LogP contribution in [0.15, 0.2) is 55.4 Å². The SMILES string of the molecule is Cn1cc(-c2cn3nccc3c(-c3cccnc3)n2)cn1. The van der Waals surface area contributed by atoms with Gasteiger partial charge in [-0.05, 0) is 18.2 Å². The van der Waals surface area contributed by atoms with E-state index in [0.29, 0.717) is 0 Å². The van der Waals surface area contributed by atoms with E-state index in [0.717, 1.165) is 28.0 Å². The first-order valence-electron chi connectivity index (χ1n) is 6.55. The van der Waals surface area contributed by atoms with Crippen molar-refractivity contribution in [2.45, 2.75) is 0 Å². The van der Waals surface area contributed by atoms with E-state index in [2.05, 4.69) is 15.2 Å². The molecule has 0 aliphatic carbocycles. The van der Waals surface area contributed by atoms with Crippen LogP contribution in [0.4, 0.5) is 0 Å². The van der Waals surface area contributed by atoms with E-state index in [1.807, 2.05) is 48.4 Å². The summed E-state index contributed by atoms with van der Waals surface area (Å²) in [5, 5.41) is 8.52. The number of pyridine rings is 1. The molecule has 0 N–H and O–H groups in total. The molecule has 4 aromatic heterocycles. The van der Waals surface area contributed by atoms with E-state index in [9.17, 15) is 0 Å². The van der Waals surface area contributed by atoms with Crippen molar-refractivity contribution in [3.05, 3.63) is 55.4 Å². The first-order valence-corrected chi connectivity index (χ1v) is 6.55. The third kappa shape index (κ3) is 1.97. The summed E-state index contributed by atoms with van der Waals surface area (Å²) < 4.78 is 3.59. The van der Waals surface area contributed by atoms with Crippen LogP contribution < -0.4 is 0 Å². The molecule has 0 aromatic carbocycles. The summed E-state index contributed by atoms with van der Waals surface area (Å²) in [5.41, 5.74) is 4.57. The van der Waals surface area contributed by atoms with Gasteiger partial charge in [0.15, 0.2) is 0 Å². The zero-order valence-electron chi connectivity index (χ0n) is 11.4. The van der Waals surface area contributed by atoms with Crippen LogP contribution in [0.1, 0.15) is 0 Å². The lowest BCUT2D eigenvalue weighted by Gasteiger charge is -2.06. The van der Waals surface area contributed by atoms with Crippen molar-refractivity contribution in [3.8, 4) is 22.5 Å². The maximum Gasteiger partial charge on any atom is 0.0983 e. The Balaban J connectivity index is 1.99. The van der Waals surface area contributed by atoms with Crippen LogP contribution >= 0.6 is 0 Å². The van der Waals surface area contributed by atoms with E-state index in [4.69, 9.17) is 4.98 Å². The lowest BCUT2D eigenvalue weighted by atomic mass is 10.1. The maximum absolute atomic E-state index is 4.77. The molecule has 4 aromatic rings. The van der Waals surface area contributed by atoms with E-state index < -0.39 is 0 Å². The average Bonchev–Trinajstić information content (AvgIpc) is 3.15. The molecule has 0 bridgehead atoms. The van der Waals surface area contributed by atoms with Crippen LogP contribution in [0.25, 0.3) is 28.0 Å². The molecule has 6 heteroatoms. The number of rotatable bonds is 2. The summed E-state index contributed by atoms with van der Waals surface area (Å²) >= 11 is 0. The van der Waals surface area contributed by atoms with Crippen LogP contribution in [-0.4, -0.2) is 29.4 Å². The maximum atomic E-state index is 4.77. The van der Waals surface area contributed by atoms with Crippen molar-refractivity contribution in [1.82, 2.24) is 29.4 Å². The highest BCUT2D eigenvalue weighted by Gasteiger charge is 2.11. The van der Waals surface area contributed by atoms with Crippen LogP contribution in [0.2, 0.25) is 0 Å². The minimum absolute atomic E-state index is 0.832. The quantitative estimate of drug-likeness (QED) is 0.563. The fourth-order valence-electron chi connectivity index (χ4n) is 2.33. The Kier molecular flexibility index (Phi) is 2.53. The van der Waals surface area contributed by atoms with Crippen molar-refractivity contribution in [2.24, 2.45) is 7.05 Å². The normalized spacial score (nSPS) is 11.1. The smallest absolute Gasteiger partial charge is 0.0983 e. The van der Waals surface area contributed by atoms with Gasteiger partial charge in [-0.1, -0.05) is 0 Å². The number of hydrogen-bond donors (Lipinski definition) is 0. The Morgan fingerprint density at radius 3 is 2.67 bits per heavy atom. The Morgan fingerprint density at radius 2 is 1.90 bits per heavy atom. The van der Waals surface area contributed by atoms with Gasteiger partial charge in [0.1, 0.15) is 0 Å². The van der Waals surface area contributed by atoms with E-state index >= 15 is 0 Å². The summed E-state index contributed by atoms with van der Waals surface area (Å²) in [6.45, 7) is 0. The number of hydrogen-bond acceptors (Lipinski definition) is 4. The van der Waals surface area contributed by atoms with Gasteiger partial charge in [0.05, 0.1) is 35.5 Å². The summed E-state index contributed by atoms with van der Waals surface area (Å²) in [4.78, 5) is 8.95. The van der Waals surface area contributed by atoms with Gasteiger partial charge >= 0.3 is 0 Å². The fraction of sp³-hybridized carbons (Fsp3) is 0.0667. The largest absolute Gasteiger partial charge is 0.275 e. The molecule has 4 rings (SSSR count). The van der Waals surface area contributed by atoms with Crippen LogP contribution in [-0.2, 0) is 7.05 Å². The first kappa shape index (κ1) is 11.8. The van der Waals surface area contributed by atoms with Gasteiger partial charge in [-0.15, -0.1) is 0 Å². The number of fused-ring (bicyclic) bond motifs is 1. The monoisotopic (exact) mass is 276 g/mol. The number of aryl methyl sites for hydroxylation is 1. The van der Waals surface area contributed by atoms with Crippen molar-refractivity contribution >= 4 is 5.52 Å². The molecule has 0 amide bonds. The molecule has 0 spiro atoms. The molecule has 102 valence electrons. The molecule has 4 heterocycles. The van der Waals surface area contributed by atoms with Crippen molar-refractivity contribution < 1.29 is 0 Å². The Labute approximate surface area is 120 Å². The highest BCUT2D eigenvalue weighted by Crippen LogP contribution is 2.25.